The van der Waals surface area contributed by atoms with E-state index in [1.54, 1.807) is 0 Å². The van der Waals surface area contributed by atoms with Crippen LogP contribution >= 0.6 is 0 Å². The highest BCUT2D eigenvalue weighted by molar-refractivity contribution is 5.79. The molecule has 1 saturated heterocycles. The zero-order chi connectivity index (χ0) is 24.9. The minimum atomic E-state index is -1.01. The average Bonchev–Trinajstić information content (AvgIpc) is 3.53. The lowest BCUT2D eigenvalue weighted by molar-refractivity contribution is 0.0136. The van der Waals surface area contributed by atoms with Gasteiger partial charge in [0.15, 0.2) is 0 Å². The Morgan fingerprint density at radius 3 is 2.31 bits per heavy atom. The molecule has 0 saturated carbocycles. The van der Waals surface area contributed by atoms with E-state index in [1.807, 2.05) is 42.5 Å². The van der Waals surface area contributed by atoms with Crippen molar-refractivity contribution in [3.8, 4) is 11.1 Å². The van der Waals surface area contributed by atoms with Crippen molar-refractivity contribution in [2.75, 3.05) is 26.2 Å². The quantitative estimate of drug-likeness (QED) is 0.412. The lowest BCUT2D eigenvalue weighted by Crippen LogP contribution is -2.30. The van der Waals surface area contributed by atoms with E-state index in [-0.39, 0.29) is 25.5 Å². The molecular formula is C30H34N2O4. The molecule has 36 heavy (non-hydrogen) atoms. The summed E-state index contributed by atoms with van der Waals surface area (Å²) in [4.78, 5) is 14.8. The summed E-state index contributed by atoms with van der Waals surface area (Å²) in [6.45, 7) is 3.53. The van der Waals surface area contributed by atoms with Crippen LogP contribution in [0.4, 0.5) is 4.79 Å². The first-order valence-corrected chi connectivity index (χ1v) is 12.9. The van der Waals surface area contributed by atoms with Gasteiger partial charge in [-0.1, -0.05) is 72.8 Å². The molecule has 2 atom stereocenters. The van der Waals surface area contributed by atoms with E-state index in [2.05, 4.69) is 40.5 Å². The zero-order valence-corrected chi connectivity index (χ0v) is 20.5. The Morgan fingerprint density at radius 2 is 1.61 bits per heavy atom. The van der Waals surface area contributed by atoms with Crippen LogP contribution in [0, 0.1) is 0 Å². The van der Waals surface area contributed by atoms with Crippen LogP contribution in [0.15, 0.2) is 72.8 Å². The van der Waals surface area contributed by atoms with Gasteiger partial charge in [0.2, 0.25) is 0 Å². The normalized spacial score (nSPS) is 16.8. The first-order chi connectivity index (χ1) is 17.6. The summed E-state index contributed by atoms with van der Waals surface area (Å²) < 4.78 is 5.55. The Balaban J connectivity index is 1.09. The zero-order valence-electron chi connectivity index (χ0n) is 20.5. The van der Waals surface area contributed by atoms with Crippen LogP contribution in [-0.4, -0.2) is 53.6 Å². The van der Waals surface area contributed by atoms with Gasteiger partial charge in [-0.25, -0.2) is 4.79 Å². The van der Waals surface area contributed by atoms with Crippen molar-refractivity contribution >= 4 is 6.09 Å². The highest BCUT2D eigenvalue weighted by Crippen LogP contribution is 2.44. The van der Waals surface area contributed by atoms with Crippen LogP contribution in [0.25, 0.3) is 11.1 Å². The molecule has 0 aromatic heterocycles. The van der Waals surface area contributed by atoms with Gasteiger partial charge in [-0.3, -0.25) is 4.90 Å². The van der Waals surface area contributed by atoms with Gasteiger partial charge in [-0.2, -0.15) is 0 Å². The molecule has 3 aromatic carbocycles. The number of aliphatic hydroxyl groups excluding tert-OH is 2. The second-order valence-electron chi connectivity index (χ2n) is 9.78. The third kappa shape index (κ3) is 5.46. The van der Waals surface area contributed by atoms with E-state index in [9.17, 15) is 15.0 Å². The topological polar surface area (TPSA) is 82.0 Å². The van der Waals surface area contributed by atoms with Crippen molar-refractivity contribution in [3.63, 3.8) is 0 Å². The third-order valence-electron chi connectivity index (χ3n) is 7.32. The molecule has 0 bridgehead atoms. The van der Waals surface area contributed by atoms with Gasteiger partial charge in [0.05, 0.1) is 6.10 Å². The first-order valence-electron chi connectivity index (χ1n) is 12.9. The fraction of sp³-hybridized carbons (Fsp3) is 0.367. The van der Waals surface area contributed by atoms with E-state index in [1.165, 1.54) is 24.0 Å². The Hall–Kier alpha value is -3.19. The van der Waals surface area contributed by atoms with Gasteiger partial charge in [0.25, 0.3) is 0 Å². The molecule has 1 aliphatic heterocycles. The summed E-state index contributed by atoms with van der Waals surface area (Å²) in [5.74, 6) is 0.00315. The highest BCUT2D eigenvalue weighted by Gasteiger charge is 2.29. The third-order valence-corrected chi connectivity index (χ3v) is 7.32. The standard InChI is InChI=1S/C30H34N2O4/c33-28(29(34)22-9-7-8-21(18-22)19-32-16-5-6-17-32)14-15-31-30(35)36-20-27-25-12-3-1-10-23(25)24-11-2-4-13-26(24)27/h1-4,7-13,18,27-29,33-34H,5-6,14-17,19-20H2,(H,31,35). The van der Waals surface area contributed by atoms with Gasteiger partial charge in [0.1, 0.15) is 12.7 Å². The largest absolute Gasteiger partial charge is 0.449 e. The Morgan fingerprint density at radius 1 is 0.944 bits per heavy atom. The number of rotatable bonds is 9. The molecule has 1 amide bonds. The summed E-state index contributed by atoms with van der Waals surface area (Å²) in [5, 5.41) is 23.9. The van der Waals surface area contributed by atoms with Gasteiger partial charge < -0.3 is 20.3 Å². The van der Waals surface area contributed by atoms with Gasteiger partial charge >= 0.3 is 6.09 Å². The first kappa shape index (κ1) is 24.5. The summed E-state index contributed by atoms with van der Waals surface area (Å²) in [7, 11) is 0. The molecule has 1 aliphatic carbocycles. The maximum atomic E-state index is 12.4. The van der Waals surface area contributed by atoms with Gasteiger partial charge in [-0.05, 0) is 65.7 Å². The molecule has 0 spiro atoms. The number of ether oxygens (including phenoxy) is 1. The van der Waals surface area contributed by atoms with E-state index in [0.29, 0.717) is 5.56 Å². The molecule has 2 unspecified atom stereocenters. The maximum absolute atomic E-state index is 12.4. The Kier molecular flexibility index (Phi) is 7.66. The summed E-state index contributed by atoms with van der Waals surface area (Å²) >= 11 is 0. The van der Waals surface area contributed by atoms with Crippen LogP contribution in [0.2, 0.25) is 0 Å². The molecule has 6 heteroatoms. The number of nitrogens with one attached hydrogen (secondary N) is 1. The minimum absolute atomic E-state index is 0.00315. The average molecular weight is 487 g/mol. The number of benzene rings is 3. The van der Waals surface area contributed by atoms with E-state index in [4.69, 9.17) is 4.74 Å². The number of nitrogens with zero attached hydrogens (tertiary/aromatic N) is 1. The van der Waals surface area contributed by atoms with E-state index >= 15 is 0 Å². The van der Waals surface area contributed by atoms with Crippen molar-refractivity contribution in [1.29, 1.82) is 0 Å². The van der Waals surface area contributed by atoms with Crippen LogP contribution in [0.3, 0.4) is 0 Å². The molecule has 188 valence electrons. The Labute approximate surface area is 212 Å². The minimum Gasteiger partial charge on any atom is -0.449 e. The lowest BCUT2D eigenvalue weighted by Gasteiger charge is -2.20. The number of hydrogen-bond donors (Lipinski definition) is 3. The van der Waals surface area contributed by atoms with Crippen LogP contribution in [0.5, 0.6) is 0 Å². The highest BCUT2D eigenvalue weighted by atomic mass is 16.5. The Bertz CT molecular complexity index is 1150. The predicted molar refractivity (Wildman–Crippen MR) is 140 cm³/mol. The number of carbonyl (C=O) groups excluding carboxylic acids is 1. The fourth-order valence-electron chi connectivity index (χ4n) is 5.43. The van der Waals surface area contributed by atoms with Gasteiger partial charge in [0, 0.05) is 19.0 Å². The van der Waals surface area contributed by atoms with Crippen molar-refractivity contribution in [3.05, 3.63) is 95.1 Å². The summed E-state index contributed by atoms with van der Waals surface area (Å²) in [6, 6.07) is 24.2. The van der Waals surface area contributed by atoms with Crippen LogP contribution in [-0.2, 0) is 11.3 Å². The number of alkyl carbamates (subject to hydrolysis) is 1. The lowest BCUT2D eigenvalue weighted by atomic mass is 9.98. The number of carbonyl (C=O) groups is 1. The van der Waals surface area contributed by atoms with Gasteiger partial charge in [-0.15, -0.1) is 0 Å². The molecule has 2 aliphatic rings. The van der Waals surface area contributed by atoms with Crippen LogP contribution < -0.4 is 5.32 Å². The summed E-state index contributed by atoms with van der Waals surface area (Å²) in [5.41, 5.74) is 6.53. The molecule has 6 nitrogen and oxygen atoms in total. The number of amides is 1. The molecular weight excluding hydrogens is 452 g/mol. The second-order valence-corrected chi connectivity index (χ2v) is 9.78. The van der Waals surface area contributed by atoms with E-state index < -0.39 is 18.3 Å². The van der Waals surface area contributed by atoms with Crippen molar-refractivity contribution < 1.29 is 19.7 Å². The SMILES string of the molecule is O=C(NCCC(O)C(O)c1cccc(CN2CCCC2)c1)OCC1c2ccccc2-c2ccccc21. The number of fused-ring (bicyclic) bond motifs is 3. The van der Waals surface area contributed by atoms with Crippen LogP contribution in [0.1, 0.15) is 53.5 Å². The predicted octanol–water partition coefficient (Wildman–Crippen LogP) is 4.61. The van der Waals surface area contributed by atoms with Crippen molar-refractivity contribution in [2.45, 2.75) is 43.9 Å². The smallest absolute Gasteiger partial charge is 0.407 e. The van der Waals surface area contributed by atoms with E-state index in [0.717, 1.165) is 36.3 Å². The molecule has 1 fully saturated rings. The van der Waals surface area contributed by atoms with Crippen molar-refractivity contribution in [2.24, 2.45) is 0 Å². The molecule has 1 heterocycles. The second kappa shape index (κ2) is 11.2. The maximum Gasteiger partial charge on any atom is 0.407 e. The number of aliphatic hydroxyl groups is 2. The van der Waals surface area contributed by atoms with Crippen molar-refractivity contribution in [1.82, 2.24) is 10.2 Å². The monoisotopic (exact) mass is 486 g/mol. The summed E-state index contributed by atoms with van der Waals surface area (Å²) in [6.07, 6.45) is 0.178. The fourth-order valence-corrected chi connectivity index (χ4v) is 5.43. The number of hydrogen-bond acceptors (Lipinski definition) is 5. The molecule has 0 radical (unpaired) electrons. The number of likely N-dealkylation sites (tertiary alicyclic amines) is 1. The molecule has 3 aromatic rings. The molecule has 5 rings (SSSR count). The molecule has 3 N–H and O–H groups in total.